The number of nitrogens with two attached hydrogens (primary N) is 1. The smallest absolute Gasteiger partial charge is 0.0308 e. The highest BCUT2D eigenvalue weighted by molar-refractivity contribution is 9.11. The average molecular weight is 347 g/mol. The van der Waals surface area contributed by atoms with E-state index in [0.717, 1.165) is 21.3 Å². The lowest BCUT2D eigenvalue weighted by atomic mass is 9.94. The SMILES string of the molecule is NC(CC1CCCC1)c1ccc(Br)cc1Br. The topological polar surface area (TPSA) is 26.0 Å². The molecule has 0 heterocycles. The van der Waals surface area contributed by atoms with Crippen LogP contribution in [0.25, 0.3) is 0 Å². The van der Waals surface area contributed by atoms with Crippen molar-refractivity contribution in [3.05, 3.63) is 32.7 Å². The van der Waals surface area contributed by atoms with Gasteiger partial charge < -0.3 is 5.73 Å². The zero-order valence-electron chi connectivity index (χ0n) is 9.26. The molecule has 1 saturated carbocycles. The van der Waals surface area contributed by atoms with Crippen molar-refractivity contribution in [2.24, 2.45) is 11.7 Å². The minimum Gasteiger partial charge on any atom is -0.324 e. The monoisotopic (exact) mass is 345 g/mol. The number of hydrogen-bond acceptors (Lipinski definition) is 1. The predicted molar refractivity (Wildman–Crippen MR) is 75.3 cm³/mol. The van der Waals surface area contributed by atoms with Crippen LogP contribution < -0.4 is 5.73 Å². The van der Waals surface area contributed by atoms with E-state index in [1.165, 1.54) is 31.2 Å². The number of halogens is 2. The molecular formula is C13H17Br2N. The molecule has 1 aromatic carbocycles. The van der Waals surface area contributed by atoms with Gasteiger partial charge in [0.1, 0.15) is 0 Å². The summed E-state index contributed by atoms with van der Waals surface area (Å²) in [5.41, 5.74) is 7.51. The van der Waals surface area contributed by atoms with E-state index in [1.54, 1.807) is 0 Å². The van der Waals surface area contributed by atoms with Crippen LogP contribution in [0, 0.1) is 5.92 Å². The maximum Gasteiger partial charge on any atom is 0.0308 e. The van der Waals surface area contributed by atoms with Gasteiger partial charge in [-0.1, -0.05) is 63.6 Å². The quantitative estimate of drug-likeness (QED) is 0.836. The standard InChI is InChI=1S/C13H17Br2N/c14-10-5-6-11(12(15)8-10)13(16)7-9-3-1-2-4-9/h5-6,8-9,13H,1-4,7,16H2. The Balaban J connectivity index is 2.04. The van der Waals surface area contributed by atoms with E-state index < -0.39 is 0 Å². The Kier molecular flexibility index (Phi) is 4.45. The summed E-state index contributed by atoms with van der Waals surface area (Å²) < 4.78 is 2.21. The molecule has 0 aliphatic heterocycles. The van der Waals surface area contributed by atoms with Crippen molar-refractivity contribution >= 4 is 31.9 Å². The highest BCUT2D eigenvalue weighted by atomic mass is 79.9. The minimum absolute atomic E-state index is 0.172. The molecule has 0 amide bonds. The van der Waals surface area contributed by atoms with Gasteiger partial charge >= 0.3 is 0 Å². The molecule has 0 spiro atoms. The second-order valence-electron chi connectivity index (χ2n) is 4.66. The fraction of sp³-hybridized carbons (Fsp3) is 0.538. The summed E-state index contributed by atoms with van der Waals surface area (Å²) in [4.78, 5) is 0. The zero-order chi connectivity index (χ0) is 11.5. The van der Waals surface area contributed by atoms with Crippen LogP contribution in [0.15, 0.2) is 27.1 Å². The Bertz CT molecular complexity index is 359. The number of hydrogen-bond donors (Lipinski definition) is 1. The molecule has 1 nitrogen and oxygen atoms in total. The summed E-state index contributed by atoms with van der Waals surface area (Å²) in [6, 6.07) is 6.43. The number of rotatable bonds is 3. The molecule has 16 heavy (non-hydrogen) atoms. The third kappa shape index (κ3) is 3.08. The first-order valence-corrected chi connectivity index (χ1v) is 7.46. The van der Waals surface area contributed by atoms with Gasteiger partial charge in [-0.15, -0.1) is 0 Å². The van der Waals surface area contributed by atoms with E-state index in [4.69, 9.17) is 5.73 Å². The van der Waals surface area contributed by atoms with Crippen LogP contribution in [-0.4, -0.2) is 0 Å². The highest BCUT2D eigenvalue weighted by Crippen LogP contribution is 2.34. The molecule has 0 bridgehead atoms. The fourth-order valence-electron chi connectivity index (χ4n) is 2.53. The lowest BCUT2D eigenvalue weighted by Crippen LogP contribution is -2.14. The van der Waals surface area contributed by atoms with Crippen molar-refractivity contribution in [1.29, 1.82) is 0 Å². The van der Waals surface area contributed by atoms with Crippen LogP contribution in [-0.2, 0) is 0 Å². The van der Waals surface area contributed by atoms with Crippen molar-refractivity contribution in [1.82, 2.24) is 0 Å². The minimum atomic E-state index is 0.172. The first-order valence-electron chi connectivity index (χ1n) is 5.87. The largest absolute Gasteiger partial charge is 0.324 e. The normalized spacial score (nSPS) is 18.9. The van der Waals surface area contributed by atoms with Gasteiger partial charge in [-0.05, 0) is 30.0 Å². The first kappa shape index (κ1) is 12.6. The maximum atomic E-state index is 6.28. The predicted octanol–water partition coefficient (Wildman–Crippen LogP) is 4.79. The molecule has 2 rings (SSSR count). The molecule has 0 radical (unpaired) electrons. The van der Waals surface area contributed by atoms with E-state index in [2.05, 4.69) is 50.1 Å². The van der Waals surface area contributed by atoms with E-state index >= 15 is 0 Å². The van der Waals surface area contributed by atoms with Gasteiger partial charge in [-0.2, -0.15) is 0 Å². The van der Waals surface area contributed by atoms with Crippen LogP contribution in [0.3, 0.4) is 0 Å². The van der Waals surface area contributed by atoms with Crippen LogP contribution in [0.1, 0.15) is 43.7 Å². The molecule has 2 N–H and O–H groups in total. The van der Waals surface area contributed by atoms with Crippen molar-refractivity contribution in [3.63, 3.8) is 0 Å². The Morgan fingerprint density at radius 2 is 1.94 bits per heavy atom. The summed E-state index contributed by atoms with van der Waals surface area (Å²) in [6.07, 6.45) is 6.63. The molecule has 1 aliphatic rings. The number of benzene rings is 1. The lowest BCUT2D eigenvalue weighted by molar-refractivity contribution is 0.450. The van der Waals surface area contributed by atoms with Crippen molar-refractivity contribution < 1.29 is 0 Å². The maximum absolute atomic E-state index is 6.28. The third-order valence-corrected chi connectivity index (χ3v) is 4.60. The summed E-state index contributed by atoms with van der Waals surface area (Å²) in [5.74, 6) is 0.838. The average Bonchev–Trinajstić information content (AvgIpc) is 2.70. The second-order valence-corrected chi connectivity index (χ2v) is 6.43. The van der Waals surface area contributed by atoms with E-state index in [9.17, 15) is 0 Å². The van der Waals surface area contributed by atoms with Gasteiger partial charge in [0, 0.05) is 15.0 Å². The summed E-state index contributed by atoms with van der Waals surface area (Å²) in [7, 11) is 0. The third-order valence-electron chi connectivity index (χ3n) is 3.42. The van der Waals surface area contributed by atoms with Gasteiger partial charge in [0.25, 0.3) is 0 Å². The molecule has 1 unspecified atom stereocenters. The molecule has 1 aliphatic carbocycles. The summed E-state index contributed by atoms with van der Waals surface area (Å²) in [6.45, 7) is 0. The highest BCUT2D eigenvalue weighted by Gasteiger charge is 2.20. The van der Waals surface area contributed by atoms with Crippen LogP contribution in [0.5, 0.6) is 0 Å². The van der Waals surface area contributed by atoms with Gasteiger partial charge in [0.05, 0.1) is 0 Å². The molecule has 88 valence electrons. The Hall–Kier alpha value is 0.140. The van der Waals surface area contributed by atoms with Crippen molar-refractivity contribution in [2.45, 2.75) is 38.1 Å². The Morgan fingerprint density at radius 1 is 1.25 bits per heavy atom. The lowest BCUT2D eigenvalue weighted by Gasteiger charge is -2.18. The van der Waals surface area contributed by atoms with E-state index in [1.807, 2.05) is 0 Å². The van der Waals surface area contributed by atoms with Gasteiger partial charge in [0.2, 0.25) is 0 Å². The van der Waals surface area contributed by atoms with Crippen LogP contribution in [0.4, 0.5) is 0 Å². The van der Waals surface area contributed by atoms with Crippen molar-refractivity contribution in [2.75, 3.05) is 0 Å². The van der Waals surface area contributed by atoms with E-state index in [-0.39, 0.29) is 6.04 Å². The zero-order valence-corrected chi connectivity index (χ0v) is 12.4. The van der Waals surface area contributed by atoms with Crippen LogP contribution in [0.2, 0.25) is 0 Å². The molecule has 0 aromatic heterocycles. The molecular weight excluding hydrogens is 330 g/mol. The Labute approximate surface area is 114 Å². The molecule has 1 atom stereocenters. The van der Waals surface area contributed by atoms with Gasteiger partial charge in [-0.3, -0.25) is 0 Å². The van der Waals surface area contributed by atoms with Gasteiger partial charge in [-0.25, -0.2) is 0 Å². The molecule has 0 saturated heterocycles. The first-order chi connectivity index (χ1) is 7.66. The van der Waals surface area contributed by atoms with Gasteiger partial charge in [0.15, 0.2) is 0 Å². The van der Waals surface area contributed by atoms with Crippen molar-refractivity contribution in [3.8, 4) is 0 Å². The fourth-order valence-corrected chi connectivity index (χ4v) is 3.88. The summed E-state index contributed by atoms with van der Waals surface area (Å²) in [5, 5.41) is 0. The Morgan fingerprint density at radius 3 is 2.56 bits per heavy atom. The molecule has 1 fully saturated rings. The summed E-state index contributed by atoms with van der Waals surface area (Å²) >= 11 is 7.05. The molecule has 1 aromatic rings. The van der Waals surface area contributed by atoms with Crippen LogP contribution >= 0.6 is 31.9 Å². The van der Waals surface area contributed by atoms with E-state index in [0.29, 0.717) is 0 Å². The molecule has 3 heteroatoms. The second kappa shape index (κ2) is 5.65.